The molecular formula is C18H21N5O. The summed E-state index contributed by atoms with van der Waals surface area (Å²) in [5, 5.41) is 9.85. The third-order valence-electron chi connectivity index (χ3n) is 3.72. The second kappa shape index (κ2) is 7.12. The molecule has 124 valence electrons. The molecule has 6 nitrogen and oxygen atoms in total. The van der Waals surface area contributed by atoms with E-state index >= 15 is 0 Å². The van der Waals surface area contributed by atoms with Gasteiger partial charge in [0.2, 0.25) is 0 Å². The van der Waals surface area contributed by atoms with Crippen LogP contribution in [0.4, 0.5) is 0 Å². The van der Waals surface area contributed by atoms with Gasteiger partial charge in [-0.05, 0) is 5.92 Å². The van der Waals surface area contributed by atoms with Crippen molar-refractivity contribution in [1.29, 1.82) is 0 Å². The van der Waals surface area contributed by atoms with Gasteiger partial charge in [0.1, 0.15) is 5.82 Å². The van der Waals surface area contributed by atoms with Gasteiger partial charge < -0.3 is 9.88 Å². The summed E-state index contributed by atoms with van der Waals surface area (Å²) >= 11 is 0. The van der Waals surface area contributed by atoms with Crippen LogP contribution in [-0.4, -0.2) is 25.7 Å². The van der Waals surface area contributed by atoms with E-state index in [-0.39, 0.29) is 5.91 Å². The van der Waals surface area contributed by atoms with Gasteiger partial charge in [-0.25, -0.2) is 4.98 Å². The Bertz CT molecular complexity index is 804. The molecule has 2 aromatic heterocycles. The molecule has 0 aliphatic heterocycles. The highest BCUT2D eigenvalue weighted by Gasteiger charge is 2.15. The number of carbonyl (C=O) groups excluding carboxylic acids is 1. The molecule has 2 heterocycles. The van der Waals surface area contributed by atoms with Gasteiger partial charge >= 0.3 is 0 Å². The first-order valence-corrected chi connectivity index (χ1v) is 8.02. The number of nitrogens with zero attached hydrogens (tertiary/aromatic N) is 3. The van der Waals surface area contributed by atoms with Crippen molar-refractivity contribution >= 4 is 5.91 Å². The third kappa shape index (κ3) is 3.53. The van der Waals surface area contributed by atoms with Gasteiger partial charge in [0, 0.05) is 24.5 Å². The van der Waals surface area contributed by atoms with E-state index in [0.29, 0.717) is 18.0 Å². The van der Waals surface area contributed by atoms with Crippen LogP contribution < -0.4 is 5.32 Å². The molecule has 1 amide bonds. The second-order valence-electron chi connectivity index (χ2n) is 6.10. The Morgan fingerprint density at radius 2 is 2.08 bits per heavy atom. The van der Waals surface area contributed by atoms with Crippen LogP contribution in [0.15, 0.2) is 48.9 Å². The zero-order chi connectivity index (χ0) is 16.9. The summed E-state index contributed by atoms with van der Waals surface area (Å²) < 4.78 is 2.07. The van der Waals surface area contributed by atoms with Crippen molar-refractivity contribution in [3.63, 3.8) is 0 Å². The lowest BCUT2D eigenvalue weighted by Crippen LogP contribution is -2.25. The number of nitrogens with one attached hydrogen (secondary N) is 2. The van der Waals surface area contributed by atoms with Crippen molar-refractivity contribution in [3.05, 3.63) is 60.3 Å². The number of hydrogen-bond donors (Lipinski definition) is 2. The topological polar surface area (TPSA) is 75.6 Å². The SMILES string of the molecule is CC(C)Cn1ccnc1CNC(=O)c1cn[nH]c1-c1ccccc1. The number of aromatic nitrogens is 4. The number of hydrogen-bond acceptors (Lipinski definition) is 3. The lowest BCUT2D eigenvalue weighted by Gasteiger charge is -2.11. The molecule has 0 fully saturated rings. The minimum atomic E-state index is -0.165. The van der Waals surface area contributed by atoms with E-state index in [0.717, 1.165) is 23.6 Å². The maximum absolute atomic E-state index is 12.5. The molecule has 0 saturated heterocycles. The van der Waals surface area contributed by atoms with E-state index in [2.05, 4.69) is 38.9 Å². The van der Waals surface area contributed by atoms with Crippen molar-refractivity contribution in [3.8, 4) is 11.3 Å². The highest BCUT2D eigenvalue weighted by atomic mass is 16.1. The fourth-order valence-corrected chi connectivity index (χ4v) is 2.60. The predicted octanol–water partition coefficient (Wildman–Crippen LogP) is 2.86. The number of amides is 1. The number of rotatable bonds is 6. The van der Waals surface area contributed by atoms with Gasteiger partial charge in [0.05, 0.1) is 24.0 Å². The Morgan fingerprint density at radius 1 is 1.29 bits per heavy atom. The van der Waals surface area contributed by atoms with Gasteiger partial charge in [-0.2, -0.15) is 5.10 Å². The van der Waals surface area contributed by atoms with E-state index in [1.54, 1.807) is 12.4 Å². The van der Waals surface area contributed by atoms with Crippen LogP contribution >= 0.6 is 0 Å². The normalized spacial score (nSPS) is 11.0. The van der Waals surface area contributed by atoms with Crippen LogP contribution in [0.5, 0.6) is 0 Å². The van der Waals surface area contributed by atoms with Crippen LogP contribution in [0.25, 0.3) is 11.3 Å². The highest BCUT2D eigenvalue weighted by Crippen LogP contribution is 2.20. The Kier molecular flexibility index (Phi) is 4.74. The van der Waals surface area contributed by atoms with Crippen molar-refractivity contribution in [2.75, 3.05) is 0 Å². The number of H-pyrrole nitrogens is 1. The van der Waals surface area contributed by atoms with Crippen LogP contribution in [0.1, 0.15) is 30.0 Å². The van der Waals surface area contributed by atoms with E-state index < -0.39 is 0 Å². The van der Waals surface area contributed by atoms with Crippen molar-refractivity contribution in [2.45, 2.75) is 26.9 Å². The van der Waals surface area contributed by atoms with Crippen LogP contribution in [-0.2, 0) is 13.1 Å². The fourth-order valence-electron chi connectivity index (χ4n) is 2.60. The van der Waals surface area contributed by atoms with Crippen molar-refractivity contribution in [1.82, 2.24) is 25.1 Å². The Balaban J connectivity index is 1.71. The summed E-state index contributed by atoms with van der Waals surface area (Å²) in [5.41, 5.74) is 2.18. The third-order valence-corrected chi connectivity index (χ3v) is 3.72. The van der Waals surface area contributed by atoms with E-state index in [9.17, 15) is 4.79 Å². The molecule has 0 radical (unpaired) electrons. The second-order valence-corrected chi connectivity index (χ2v) is 6.10. The Hall–Kier alpha value is -2.89. The van der Waals surface area contributed by atoms with Crippen LogP contribution in [0, 0.1) is 5.92 Å². The standard InChI is InChI=1S/C18H21N5O/c1-13(2)12-23-9-8-19-16(23)11-20-18(24)15-10-21-22-17(15)14-6-4-3-5-7-14/h3-10,13H,11-12H2,1-2H3,(H,20,24)(H,21,22). The van der Waals surface area contributed by atoms with E-state index in [4.69, 9.17) is 0 Å². The summed E-state index contributed by atoms with van der Waals surface area (Å²) in [6, 6.07) is 9.69. The molecule has 0 saturated carbocycles. The first-order chi connectivity index (χ1) is 11.6. The minimum Gasteiger partial charge on any atom is -0.345 e. The number of aromatic amines is 1. The number of benzene rings is 1. The van der Waals surface area contributed by atoms with Crippen LogP contribution in [0.3, 0.4) is 0 Å². The van der Waals surface area contributed by atoms with E-state index in [1.165, 1.54) is 0 Å². The predicted molar refractivity (Wildman–Crippen MR) is 92.3 cm³/mol. The highest BCUT2D eigenvalue weighted by molar-refractivity contribution is 5.99. The molecule has 0 spiro atoms. The van der Waals surface area contributed by atoms with Crippen LogP contribution in [0.2, 0.25) is 0 Å². The van der Waals surface area contributed by atoms with Gasteiger partial charge in [-0.3, -0.25) is 9.89 Å². The lowest BCUT2D eigenvalue weighted by molar-refractivity contribution is 0.0950. The van der Waals surface area contributed by atoms with Gasteiger partial charge in [-0.1, -0.05) is 44.2 Å². The average molecular weight is 323 g/mol. The minimum absolute atomic E-state index is 0.165. The quantitative estimate of drug-likeness (QED) is 0.732. The number of carbonyl (C=O) groups is 1. The largest absolute Gasteiger partial charge is 0.345 e. The summed E-state index contributed by atoms with van der Waals surface area (Å²) in [6.45, 7) is 5.57. The molecule has 0 aliphatic carbocycles. The summed E-state index contributed by atoms with van der Waals surface area (Å²) in [6.07, 6.45) is 5.25. The molecule has 0 aliphatic rings. The molecular weight excluding hydrogens is 302 g/mol. The first-order valence-electron chi connectivity index (χ1n) is 8.02. The summed E-state index contributed by atoms with van der Waals surface area (Å²) in [5.74, 6) is 1.20. The molecule has 0 unspecified atom stereocenters. The lowest BCUT2D eigenvalue weighted by atomic mass is 10.1. The molecule has 2 N–H and O–H groups in total. The molecule has 6 heteroatoms. The zero-order valence-electron chi connectivity index (χ0n) is 13.9. The smallest absolute Gasteiger partial charge is 0.255 e. The first kappa shape index (κ1) is 16.0. The van der Waals surface area contributed by atoms with Gasteiger partial charge in [0.25, 0.3) is 5.91 Å². The molecule has 3 rings (SSSR count). The number of imidazole rings is 1. The molecule has 0 atom stereocenters. The maximum atomic E-state index is 12.5. The monoisotopic (exact) mass is 323 g/mol. The maximum Gasteiger partial charge on any atom is 0.255 e. The zero-order valence-corrected chi connectivity index (χ0v) is 13.9. The van der Waals surface area contributed by atoms with Gasteiger partial charge in [0.15, 0.2) is 0 Å². The van der Waals surface area contributed by atoms with E-state index in [1.807, 2.05) is 36.5 Å². The average Bonchev–Trinajstić information content (AvgIpc) is 3.22. The molecule has 1 aromatic carbocycles. The Morgan fingerprint density at radius 3 is 2.83 bits per heavy atom. The molecule has 0 bridgehead atoms. The Labute approximate surface area is 140 Å². The van der Waals surface area contributed by atoms with Crippen molar-refractivity contribution in [2.24, 2.45) is 5.92 Å². The summed E-state index contributed by atoms with van der Waals surface area (Å²) in [7, 11) is 0. The van der Waals surface area contributed by atoms with Gasteiger partial charge in [-0.15, -0.1) is 0 Å². The van der Waals surface area contributed by atoms with Crippen molar-refractivity contribution < 1.29 is 4.79 Å². The summed E-state index contributed by atoms with van der Waals surface area (Å²) in [4.78, 5) is 16.8. The molecule has 24 heavy (non-hydrogen) atoms. The fraction of sp³-hybridized carbons (Fsp3) is 0.278. The molecule has 3 aromatic rings.